The fourth-order valence-corrected chi connectivity index (χ4v) is 2.16. The Labute approximate surface area is 113 Å². The highest BCUT2D eigenvalue weighted by atomic mass is 32.1. The van der Waals surface area contributed by atoms with Gasteiger partial charge in [-0.1, -0.05) is 0 Å². The van der Waals surface area contributed by atoms with Crippen LogP contribution in [0, 0.1) is 13.8 Å². The van der Waals surface area contributed by atoms with Crippen LogP contribution in [-0.4, -0.2) is 27.0 Å². The maximum Gasteiger partial charge on any atom is 0.354 e. The molecule has 0 radical (unpaired) electrons. The average Bonchev–Trinajstić information content (AvgIpc) is 2.68. The maximum absolute atomic E-state index is 11.9. The lowest BCUT2D eigenvalue weighted by molar-refractivity contribution is 0.0690. The van der Waals surface area contributed by atoms with E-state index in [4.69, 9.17) is 5.11 Å². The summed E-state index contributed by atoms with van der Waals surface area (Å²) in [6.07, 6.45) is 1.23. The molecule has 0 fully saturated rings. The standard InChI is InChI=1S/C12H11N3O3S/c1-6-7(2)19-12(14-6)15-10(16)8-3-4-9(11(17)18)13-5-8/h3-5H,1-2H3,(H,17,18)(H,14,15,16). The number of carboxylic acids is 1. The molecule has 1 amide bonds. The molecule has 2 aromatic rings. The van der Waals surface area contributed by atoms with E-state index in [1.807, 2.05) is 13.8 Å². The van der Waals surface area contributed by atoms with Crippen LogP contribution in [0.3, 0.4) is 0 Å². The highest BCUT2D eigenvalue weighted by Gasteiger charge is 2.11. The Balaban J connectivity index is 2.13. The van der Waals surface area contributed by atoms with Gasteiger partial charge in [-0.3, -0.25) is 10.1 Å². The van der Waals surface area contributed by atoms with Gasteiger partial charge in [-0.25, -0.2) is 14.8 Å². The second kappa shape index (κ2) is 5.15. The third-order valence-electron chi connectivity index (χ3n) is 2.49. The molecule has 0 aliphatic rings. The first-order valence-corrected chi connectivity index (χ1v) is 6.23. The Bertz CT molecular complexity index is 615. The highest BCUT2D eigenvalue weighted by Crippen LogP contribution is 2.21. The first-order valence-electron chi connectivity index (χ1n) is 5.42. The maximum atomic E-state index is 11.9. The Morgan fingerprint density at radius 3 is 2.53 bits per heavy atom. The molecule has 7 heteroatoms. The summed E-state index contributed by atoms with van der Waals surface area (Å²) in [5.74, 6) is -1.49. The lowest BCUT2D eigenvalue weighted by Gasteiger charge is -2.01. The van der Waals surface area contributed by atoms with Gasteiger partial charge in [0.25, 0.3) is 5.91 Å². The smallest absolute Gasteiger partial charge is 0.354 e. The molecule has 19 heavy (non-hydrogen) atoms. The zero-order valence-electron chi connectivity index (χ0n) is 10.3. The summed E-state index contributed by atoms with van der Waals surface area (Å²) in [7, 11) is 0. The normalized spacial score (nSPS) is 10.2. The molecule has 0 aliphatic carbocycles. The number of amides is 1. The Kier molecular flexibility index (Phi) is 3.57. The summed E-state index contributed by atoms with van der Waals surface area (Å²) in [6, 6.07) is 2.70. The molecule has 0 aromatic carbocycles. The van der Waals surface area contributed by atoms with Gasteiger partial charge in [0.2, 0.25) is 0 Å². The van der Waals surface area contributed by atoms with E-state index in [2.05, 4.69) is 15.3 Å². The molecule has 2 rings (SSSR count). The summed E-state index contributed by atoms with van der Waals surface area (Å²) >= 11 is 1.39. The SMILES string of the molecule is Cc1nc(NC(=O)c2ccc(C(=O)O)nc2)sc1C. The first kappa shape index (κ1) is 13.2. The summed E-state index contributed by atoms with van der Waals surface area (Å²) in [4.78, 5) is 31.4. The van der Waals surface area contributed by atoms with Crippen molar-refractivity contribution in [3.63, 3.8) is 0 Å². The second-order valence-electron chi connectivity index (χ2n) is 3.85. The number of hydrogen-bond donors (Lipinski definition) is 2. The molecule has 0 saturated carbocycles. The molecule has 0 spiro atoms. The first-order chi connectivity index (χ1) is 8.97. The summed E-state index contributed by atoms with van der Waals surface area (Å²) < 4.78 is 0. The number of rotatable bonds is 3. The van der Waals surface area contributed by atoms with Gasteiger partial charge < -0.3 is 5.11 Å². The molecule has 0 saturated heterocycles. The van der Waals surface area contributed by atoms with Gasteiger partial charge in [-0.15, -0.1) is 11.3 Å². The summed E-state index contributed by atoms with van der Waals surface area (Å²) in [5, 5.41) is 11.9. The van der Waals surface area contributed by atoms with Crippen LogP contribution < -0.4 is 5.32 Å². The number of carbonyl (C=O) groups is 2. The quantitative estimate of drug-likeness (QED) is 0.896. The number of pyridine rings is 1. The van der Waals surface area contributed by atoms with Crippen LogP contribution in [0.5, 0.6) is 0 Å². The van der Waals surface area contributed by atoms with Gasteiger partial charge >= 0.3 is 5.97 Å². The zero-order chi connectivity index (χ0) is 14.0. The van der Waals surface area contributed by atoms with E-state index in [0.29, 0.717) is 5.13 Å². The topological polar surface area (TPSA) is 92.2 Å². The Hall–Kier alpha value is -2.28. The second-order valence-corrected chi connectivity index (χ2v) is 5.06. The zero-order valence-corrected chi connectivity index (χ0v) is 11.1. The molecule has 0 aliphatic heterocycles. The summed E-state index contributed by atoms with van der Waals surface area (Å²) in [6.45, 7) is 3.79. The average molecular weight is 277 g/mol. The number of carboxylic acid groups (broad SMARTS) is 1. The van der Waals surface area contributed by atoms with Crippen LogP contribution in [0.1, 0.15) is 31.4 Å². The van der Waals surface area contributed by atoms with Crippen LogP contribution in [0.25, 0.3) is 0 Å². The van der Waals surface area contributed by atoms with Crippen LogP contribution in [0.4, 0.5) is 5.13 Å². The molecule has 2 N–H and O–H groups in total. The van der Waals surface area contributed by atoms with Crippen LogP contribution in [-0.2, 0) is 0 Å². The number of anilines is 1. The minimum Gasteiger partial charge on any atom is -0.477 e. The van der Waals surface area contributed by atoms with Gasteiger partial charge in [0.05, 0.1) is 11.3 Å². The molecular formula is C12H11N3O3S. The van der Waals surface area contributed by atoms with Crippen molar-refractivity contribution in [1.29, 1.82) is 0 Å². The predicted molar refractivity (Wildman–Crippen MR) is 70.7 cm³/mol. The predicted octanol–water partition coefficient (Wildman–Crippen LogP) is 2.11. The Morgan fingerprint density at radius 2 is 2.05 bits per heavy atom. The third kappa shape index (κ3) is 2.94. The number of aromatic carboxylic acids is 1. The van der Waals surface area contributed by atoms with Gasteiger partial charge in [0, 0.05) is 11.1 Å². The van der Waals surface area contributed by atoms with Crippen molar-refractivity contribution in [2.45, 2.75) is 13.8 Å². The van der Waals surface area contributed by atoms with Gasteiger partial charge in [-0.05, 0) is 26.0 Å². The minimum atomic E-state index is -1.13. The van der Waals surface area contributed by atoms with E-state index in [1.165, 1.54) is 29.7 Å². The van der Waals surface area contributed by atoms with Crippen molar-refractivity contribution < 1.29 is 14.7 Å². The summed E-state index contributed by atoms with van der Waals surface area (Å²) in [5.41, 5.74) is 1.06. The van der Waals surface area contributed by atoms with Crippen LogP contribution in [0.2, 0.25) is 0 Å². The number of nitrogens with one attached hydrogen (secondary N) is 1. The minimum absolute atomic E-state index is 0.0995. The van der Waals surface area contributed by atoms with E-state index in [0.717, 1.165) is 10.6 Å². The fourth-order valence-electron chi connectivity index (χ4n) is 1.35. The lowest BCUT2D eigenvalue weighted by Crippen LogP contribution is -2.12. The van der Waals surface area contributed by atoms with Gasteiger partial charge in [0.1, 0.15) is 5.69 Å². The molecule has 0 bridgehead atoms. The molecule has 2 heterocycles. The monoisotopic (exact) mass is 277 g/mol. The number of nitrogens with zero attached hydrogens (tertiary/aromatic N) is 2. The van der Waals surface area contributed by atoms with Gasteiger partial charge in [0.15, 0.2) is 5.13 Å². The highest BCUT2D eigenvalue weighted by molar-refractivity contribution is 7.15. The molecule has 6 nitrogen and oxygen atoms in total. The van der Waals surface area contributed by atoms with E-state index >= 15 is 0 Å². The van der Waals surface area contributed by atoms with Crippen LogP contribution >= 0.6 is 11.3 Å². The van der Waals surface area contributed by atoms with Crippen molar-refractivity contribution in [2.24, 2.45) is 0 Å². The van der Waals surface area contributed by atoms with Crippen molar-refractivity contribution in [3.8, 4) is 0 Å². The number of carbonyl (C=O) groups excluding carboxylic acids is 1. The molecular weight excluding hydrogens is 266 g/mol. The van der Waals surface area contributed by atoms with Crippen molar-refractivity contribution in [3.05, 3.63) is 40.2 Å². The molecule has 0 unspecified atom stereocenters. The van der Waals surface area contributed by atoms with Crippen molar-refractivity contribution in [2.75, 3.05) is 5.32 Å². The van der Waals surface area contributed by atoms with E-state index < -0.39 is 5.97 Å². The van der Waals surface area contributed by atoms with E-state index in [9.17, 15) is 9.59 Å². The van der Waals surface area contributed by atoms with E-state index in [1.54, 1.807) is 0 Å². The van der Waals surface area contributed by atoms with Gasteiger partial charge in [-0.2, -0.15) is 0 Å². The molecule has 0 atom stereocenters. The third-order valence-corrected chi connectivity index (χ3v) is 3.48. The van der Waals surface area contributed by atoms with Crippen LogP contribution in [0.15, 0.2) is 18.3 Å². The number of aromatic nitrogens is 2. The van der Waals surface area contributed by atoms with Crippen molar-refractivity contribution in [1.82, 2.24) is 9.97 Å². The fraction of sp³-hybridized carbons (Fsp3) is 0.167. The number of hydrogen-bond acceptors (Lipinski definition) is 5. The molecule has 2 aromatic heterocycles. The van der Waals surface area contributed by atoms with Crippen molar-refractivity contribution >= 4 is 28.3 Å². The number of aryl methyl sites for hydroxylation is 2. The Morgan fingerprint density at radius 1 is 1.32 bits per heavy atom. The largest absolute Gasteiger partial charge is 0.477 e. The molecule has 98 valence electrons. The lowest BCUT2D eigenvalue weighted by atomic mass is 10.2. The van der Waals surface area contributed by atoms with E-state index in [-0.39, 0.29) is 17.2 Å². The number of thiazole rings is 1.